The van der Waals surface area contributed by atoms with Gasteiger partial charge in [0.2, 0.25) is 0 Å². The topological polar surface area (TPSA) is 55.6 Å². The van der Waals surface area contributed by atoms with Crippen molar-refractivity contribution in [3.05, 3.63) is 46.1 Å². The lowest BCUT2D eigenvalue weighted by atomic mass is 10.1. The van der Waals surface area contributed by atoms with Crippen molar-refractivity contribution >= 4 is 51.4 Å². The molecule has 3 aromatic rings. The molecule has 22 heavy (non-hydrogen) atoms. The molecule has 0 aliphatic rings. The Balaban J connectivity index is 2.00. The van der Waals surface area contributed by atoms with Gasteiger partial charge in [0.25, 0.3) is 0 Å². The van der Waals surface area contributed by atoms with Gasteiger partial charge in [0, 0.05) is 45.0 Å². The molecule has 0 aliphatic carbocycles. The number of rotatable bonds is 4. The smallest absolute Gasteiger partial charge is 0.123 e. The molecule has 1 aromatic carbocycles. The molecule has 0 unspecified atom stereocenters. The van der Waals surface area contributed by atoms with Crippen LogP contribution in [0.2, 0.25) is 10.0 Å². The number of H-pyrrole nitrogens is 2. The van der Waals surface area contributed by atoms with Crippen molar-refractivity contribution in [3.63, 3.8) is 0 Å². The summed E-state index contributed by atoms with van der Waals surface area (Å²) in [6.45, 7) is 2.78. The lowest BCUT2D eigenvalue weighted by Crippen LogP contribution is -2.36. The highest BCUT2D eigenvalue weighted by atomic mass is 35.5. The number of aromatic nitrogens is 2. The van der Waals surface area contributed by atoms with Crippen molar-refractivity contribution in [2.75, 3.05) is 6.54 Å². The average molecular weight is 353 g/mol. The van der Waals surface area contributed by atoms with Gasteiger partial charge in [-0.05, 0) is 24.3 Å². The summed E-state index contributed by atoms with van der Waals surface area (Å²) in [5, 5.41) is 2.22. The number of fused-ring (bicyclic) bond motifs is 1. The van der Waals surface area contributed by atoms with Crippen molar-refractivity contribution in [1.29, 1.82) is 0 Å². The van der Waals surface area contributed by atoms with Crippen LogP contribution in [0.3, 0.4) is 0 Å². The Labute approximate surface area is 143 Å². The van der Waals surface area contributed by atoms with Crippen LogP contribution in [0.1, 0.15) is 12.5 Å². The van der Waals surface area contributed by atoms with E-state index in [0.29, 0.717) is 15.0 Å². The Morgan fingerprint density at radius 3 is 2.59 bits per heavy atom. The average Bonchev–Trinajstić information content (AvgIpc) is 3.03. The second-order valence-corrected chi connectivity index (χ2v) is 6.10. The first-order valence-corrected chi connectivity index (χ1v) is 7.94. The Hall–Kier alpha value is -1.53. The molecular weight excluding hydrogens is 339 g/mol. The first kappa shape index (κ1) is 15.4. The summed E-state index contributed by atoms with van der Waals surface area (Å²) in [5.74, 6) is 0. The summed E-state index contributed by atoms with van der Waals surface area (Å²) >= 11 is 17.5. The van der Waals surface area contributed by atoms with Crippen LogP contribution in [0, 0.1) is 0 Å². The molecule has 0 fully saturated rings. The molecule has 7 heteroatoms. The Morgan fingerprint density at radius 2 is 1.91 bits per heavy atom. The zero-order valence-electron chi connectivity index (χ0n) is 11.8. The molecule has 2 heterocycles. The molecule has 114 valence electrons. The van der Waals surface area contributed by atoms with Gasteiger partial charge < -0.3 is 15.4 Å². The van der Waals surface area contributed by atoms with Gasteiger partial charge in [-0.1, -0.05) is 42.3 Å². The Bertz CT molecular complexity index is 817. The van der Waals surface area contributed by atoms with E-state index in [1.807, 2.05) is 31.3 Å². The second-order valence-electron chi connectivity index (χ2n) is 4.82. The van der Waals surface area contributed by atoms with Gasteiger partial charge in [0.1, 0.15) is 10.6 Å². The standard InChI is InChI=1S/C15H14Cl2N4S/c1-2-19-21-15(22)12-7-18-14-11(12)6-13(20-14)8-3-9(16)5-10(17)4-8/h3-7,18-20H,2H2,1H3,(H,21,22). The van der Waals surface area contributed by atoms with Gasteiger partial charge in [-0.2, -0.15) is 0 Å². The Morgan fingerprint density at radius 1 is 1.18 bits per heavy atom. The van der Waals surface area contributed by atoms with Crippen molar-refractivity contribution in [2.45, 2.75) is 6.92 Å². The largest absolute Gasteiger partial charge is 0.347 e. The summed E-state index contributed by atoms with van der Waals surface area (Å²) in [6.07, 6.45) is 1.88. The number of thiocarbonyl (C=S) groups is 1. The molecule has 0 radical (unpaired) electrons. The molecule has 0 atom stereocenters. The van der Waals surface area contributed by atoms with Crippen LogP contribution in [0.15, 0.2) is 30.5 Å². The van der Waals surface area contributed by atoms with Crippen LogP contribution >= 0.6 is 35.4 Å². The van der Waals surface area contributed by atoms with Crippen LogP contribution in [-0.2, 0) is 0 Å². The predicted molar refractivity (Wildman–Crippen MR) is 96.6 cm³/mol. The van der Waals surface area contributed by atoms with E-state index in [2.05, 4.69) is 20.8 Å². The van der Waals surface area contributed by atoms with Crippen molar-refractivity contribution in [3.8, 4) is 11.3 Å². The fourth-order valence-electron chi connectivity index (χ4n) is 2.29. The zero-order valence-corrected chi connectivity index (χ0v) is 14.1. The molecule has 0 spiro atoms. The number of hydrogen-bond acceptors (Lipinski definition) is 2. The van der Waals surface area contributed by atoms with E-state index in [0.717, 1.165) is 34.4 Å². The third-order valence-electron chi connectivity index (χ3n) is 3.27. The van der Waals surface area contributed by atoms with Gasteiger partial charge >= 0.3 is 0 Å². The highest BCUT2D eigenvalue weighted by molar-refractivity contribution is 7.80. The zero-order chi connectivity index (χ0) is 15.7. The summed E-state index contributed by atoms with van der Waals surface area (Å²) in [7, 11) is 0. The molecule has 0 aliphatic heterocycles. The molecule has 0 saturated carbocycles. The number of hydrogen-bond donors (Lipinski definition) is 4. The van der Waals surface area contributed by atoms with E-state index >= 15 is 0 Å². The molecule has 0 bridgehead atoms. The summed E-state index contributed by atoms with van der Waals surface area (Å²) in [6, 6.07) is 7.48. The van der Waals surface area contributed by atoms with Crippen LogP contribution in [0.4, 0.5) is 0 Å². The first-order valence-electron chi connectivity index (χ1n) is 6.78. The number of hydrazine groups is 1. The predicted octanol–water partition coefficient (Wildman–Crippen LogP) is 4.26. The van der Waals surface area contributed by atoms with Gasteiger partial charge in [-0.15, -0.1) is 0 Å². The molecule has 0 saturated heterocycles. The third kappa shape index (κ3) is 2.98. The van der Waals surface area contributed by atoms with Gasteiger partial charge in [0.15, 0.2) is 0 Å². The van der Waals surface area contributed by atoms with Crippen LogP contribution in [0.5, 0.6) is 0 Å². The number of benzene rings is 1. The van der Waals surface area contributed by atoms with Crippen molar-refractivity contribution < 1.29 is 0 Å². The third-order valence-corrected chi connectivity index (χ3v) is 4.02. The van der Waals surface area contributed by atoms with Crippen LogP contribution < -0.4 is 10.9 Å². The summed E-state index contributed by atoms with van der Waals surface area (Å²) < 4.78 is 0. The van der Waals surface area contributed by atoms with Crippen molar-refractivity contribution in [2.24, 2.45) is 0 Å². The molecule has 2 aromatic heterocycles. The fourth-order valence-corrected chi connectivity index (χ4v) is 3.06. The number of halogens is 2. The van der Waals surface area contributed by atoms with Crippen LogP contribution in [-0.4, -0.2) is 21.5 Å². The van der Waals surface area contributed by atoms with E-state index in [1.165, 1.54) is 0 Å². The minimum Gasteiger partial charge on any atom is -0.347 e. The minimum atomic E-state index is 0.602. The maximum Gasteiger partial charge on any atom is 0.123 e. The highest BCUT2D eigenvalue weighted by Gasteiger charge is 2.13. The second kappa shape index (κ2) is 6.30. The maximum atomic E-state index is 6.07. The normalized spacial score (nSPS) is 11.0. The number of nitrogens with one attached hydrogen (secondary N) is 4. The molecule has 4 N–H and O–H groups in total. The van der Waals surface area contributed by atoms with Gasteiger partial charge in [0.05, 0.1) is 0 Å². The van der Waals surface area contributed by atoms with Gasteiger partial charge in [-0.25, -0.2) is 5.43 Å². The molecule has 0 amide bonds. The van der Waals surface area contributed by atoms with Crippen molar-refractivity contribution in [1.82, 2.24) is 20.8 Å². The van der Waals surface area contributed by atoms with E-state index < -0.39 is 0 Å². The van der Waals surface area contributed by atoms with E-state index in [1.54, 1.807) is 6.07 Å². The van der Waals surface area contributed by atoms with Crippen LogP contribution in [0.25, 0.3) is 22.3 Å². The summed E-state index contributed by atoms with van der Waals surface area (Å²) in [5.41, 5.74) is 9.70. The molecule has 4 nitrogen and oxygen atoms in total. The van der Waals surface area contributed by atoms with Gasteiger partial charge in [-0.3, -0.25) is 0 Å². The molecular formula is C15H14Cl2N4S. The SMILES string of the molecule is CCNNC(=S)c1c[nH]c2[nH]c(-c3cc(Cl)cc(Cl)c3)cc12. The Kier molecular flexibility index (Phi) is 4.40. The maximum absolute atomic E-state index is 6.07. The monoisotopic (exact) mass is 352 g/mol. The highest BCUT2D eigenvalue weighted by Crippen LogP contribution is 2.30. The minimum absolute atomic E-state index is 0.602. The molecule has 3 rings (SSSR count). The fraction of sp³-hybridized carbons (Fsp3) is 0.133. The summed E-state index contributed by atoms with van der Waals surface area (Å²) in [4.78, 5) is 7.15. The van der Waals surface area contributed by atoms with E-state index in [9.17, 15) is 0 Å². The first-order chi connectivity index (χ1) is 10.6. The van der Waals surface area contributed by atoms with E-state index in [4.69, 9.17) is 35.4 Å². The lowest BCUT2D eigenvalue weighted by Gasteiger charge is -2.05. The number of aromatic amines is 2. The quantitative estimate of drug-likeness (QED) is 0.419. The lowest BCUT2D eigenvalue weighted by molar-refractivity contribution is 0.692. The van der Waals surface area contributed by atoms with E-state index in [-0.39, 0.29) is 0 Å².